The van der Waals surface area contributed by atoms with Crippen LogP contribution in [0.2, 0.25) is 0 Å². The number of carbonyl (C=O) groups is 2. The molecule has 0 saturated carbocycles. The van der Waals surface area contributed by atoms with Crippen molar-refractivity contribution in [2.24, 2.45) is 10.3 Å². The number of hydrogen-bond donors (Lipinski definition) is 0. The minimum Gasteiger partial charge on any atom is -0.494 e. The fraction of sp³-hybridized carbons (Fsp3) is 0.320. The fourth-order valence-electron chi connectivity index (χ4n) is 4.20. The van der Waals surface area contributed by atoms with Crippen LogP contribution in [0.15, 0.2) is 63.3 Å². The van der Waals surface area contributed by atoms with Gasteiger partial charge in [0.05, 0.1) is 18.8 Å². The van der Waals surface area contributed by atoms with Crippen molar-refractivity contribution >= 4 is 17.5 Å². The van der Waals surface area contributed by atoms with Crippen LogP contribution >= 0.6 is 0 Å². The number of oxazole rings is 1. The summed E-state index contributed by atoms with van der Waals surface area (Å²) < 4.78 is 11.4. The zero-order chi connectivity index (χ0) is 23.8. The SMILES string of the molecule is CCOc1ccc(-c2nc(CN3N=N[C@@H]4C(=O)N(c5ccc(CC)cc5)C(=O)[C@@H]43)c(C)o2)cc1. The molecule has 1 aromatic heterocycles. The predicted molar refractivity (Wildman–Crippen MR) is 124 cm³/mol. The Morgan fingerprint density at radius 1 is 1.00 bits per heavy atom. The molecule has 3 aromatic rings. The molecule has 0 aliphatic carbocycles. The Morgan fingerprint density at radius 3 is 2.41 bits per heavy atom. The van der Waals surface area contributed by atoms with Gasteiger partial charge in [0.2, 0.25) is 5.89 Å². The number of hydrogen-bond acceptors (Lipinski definition) is 8. The maximum Gasteiger partial charge on any atom is 0.263 e. The highest BCUT2D eigenvalue weighted by atomic mass is 16.5. The molecule has 2 atom stereocenters. The molecule has 0 unspecified atom stereocenters. The second-order valence-electron chi connectivity index (χ2n) is 8.20. The molecule has 0 N–H and O–H groups in total. The highest BCUT2D eigenvalue weighted by Crippen LogP contribution is 2.34. The Hall–Kier alpha value is -4.01. The Morgan fingerprint density at radius 2 is 1.74 bits per heavy atom. The van der Waals surface area contributed by atoms with Gasteiger partial charge in [0.1, 0.15) is 17.2 Å². The maximum absolute atomic E-state index is 13.2. The van der Waals surface area contributed by atoms with Gasteiger partial charge in [-0.2, -0.15) is 5.11 Å². The fourth-order valence-corrected chi connectivity index (χ4v) is 4.20. The van der Waals surface area contributed by atoms with E-state index in [4.69, 9.17) is 9.15 Å². The van der Waals surface area contributed by atoms with Gasteiger partial charge in [-0.15, -0.1) is 0 Å². The summed E-state index contributed by atoms with van der Waals surface area (Å²) in [5.74, 6) is 1.16. The van der Waals surface area contributed by atoms with E-state index in [0.29, 0.717) is 29.6 Å². The molecule has 1 saturated heterocycles. The van der Waals surface area contributed by atoms with Crippen molar-refractivity contribution in [3.8, 4) is 17.2 Å². The van der Waals surface area contributed by atoms with E-state index in [1.54, 1.807) is 12.1 Å². The Balaban J connectivity index is 1.34. The van der Waals surface area contributed by atoms with E-state index in [0.717, 1.165) is 23.3 Å². The van der Waals surface area contributed by atoms with Gasteiger partial charge in [0.15, 0.2) is 12.1 Å². The molecular formula is C25H25N5O4. The molecule has 2 aliphatic heterocycles. The van der Waals surface area contributed by atoms with E-state index >= 15 is 0 Å². The lowest BCUT2D eigenvalue weighted by Gasteiger charge is -2.20. The van der Waals surface area contributed by atoms with E-state index in [2.05, 4.69) is 22.2 Å². The van der Waals surface area contributed by atoms with Crippen molar-refractivity contribution in [3.05, 3.63) is 65.5 Å². The molecule has 9 heteroatoms. The third-order valence-electron chi connectivity index (χ3n) is 6.08. The first-order valence-corrected chi connectivity index (χ1v) is 11.3. The largest absolute Gasteiger partial charge is 0.494 e. The number of ether oxygens (including phenoxy) is 1. The standard InChI is InChI=1S/C25H25N5O4/c1-4-16-6-10-18(11-7-16)30-24(31)21-22(25(30)32)29(28-27-21)14-20-15(3)34-23(26-20)17-8-12-19(13-9-17)33-5-2/h6-13,21-22H,4-5,14H2,1-3H3/t21-,22+/m0/s1. The average Bonchev–Trinajstić information content (AvgIpc) is 3.50. The lowest BCUT2D eigenvalue weighted by molar-refractivity contribution is -0.123. The van der Waals surface area contributed by atoms with Crippen LogP contribution in [0.25, 0.3) is 11.5 Å². The van der Waals surface area contributed by atoms with Gasteiger partial charge >= 0.3 is 0 Å². The number of fused-ring (bicyclic) bond motifs is 1. The molecule has 2 aliphatic rings. The summed E-state index contributed by atoms with van der Waals surface area (Å²) in [6.45, 7) is 6.60. The molecule has 0 bridgehead atoms. The van der Waals surface area contributed by atoms with Gasteiger partial charge in [-0.05, 0) is 62.2 Å². The number of nitrogens with zero attached hydrogens (tertiary/aromatic N) is 5. The number of carbonyl (C=O) groups excluding carboxylic acids is 2. The number of benzene rings is 2. The molecule has 5 rings (SSSR count). The number of amides is 2. The minimum atomic E-state index is -0.851. The highest BCUT2D eigenvalue weighted by Gasteiger charge is 2.54. The molecule has 34 heavy (non-hydrogen) atoms. The topological polar surface area (TPSA) is 101 Å². The van der Waals surface area contributed by atoms with Crippen molar-refractivity contribution in [1.82, 2.24) is 9.99 Å². The highest BCUT2D eigenvalue weighted by molar-refractivity contribution is 6.25. The first-order chi connectivity index (χ1) is 16.5. The first-order valence-electron chi connectivity index (χ1n) is 11.3. The maximum atomic E-state index is 13.2. The first kappa shape index (κ1) is 21.8. The van der Waals surface area contributed by atoms with Crippen LogP contribution in [0.4, 0.5) is 5.69 Å². The van der Waals surface area contributed by atoms with Crippen molar-refractivity contribution in [2.45, 2.75) is 45.8 Å². The van der Waals surface area contributed by atoms with Gasteiger partial charge in [-0.25, -0.2) is 9.88 Å². The molecule has 3 heterocycles. The average molecular weight is 460 g/mol. The van der Waals surface area contributed by atoms with Crippen LogP contribution in [0.3, 0.4) is 0 Å². The van der Waals surface area contributed by atoms with Gasteiger partial charge in [0.25, 0.3) is 11.8 Å². The molecule has 2 amide bonds. The second kappa shape index (κ2) is 8.74. The van der Waals surface area contributed by atoms with Crippen molar-refractivity contribution < 1.29 is 18.7 Å². The van der Waals surface area contributed by atoms with Crippen molar-refractivity contribution in [3.63, 3.8) is 0 Å². The number of anilines is 1. The summed E-state index contributed by atoms with van der Waals surface area (Å²) in [7, 11) is 0. The van der Waals surface area contributed by atoms with E-state index in [1.807, 2.05) is 50.2 Å². The summed E-state index contributed by atoms with van der Waals surface area (Å²) in [6.07, 6.45) is 0.880. The van der Waals surface area contributed by atoms with Crippen LogP contribution in [0, 0.1) is 6.92 Å². The van der Waals surface area contributed by atoms with Gasteiger partial charge in [-0.1, -0.05) is 24.3 Å². The van der Waals surface area contributed by atoms with E-state index < -0.39 is 12.1 Å². The lowest BCUT2D eigenvalue weighted by Crippen LogP contribution is -2.39. The third-order valence-corrected chi connectivity index (χ3v) is 6.08. The lowest BCUT2D eigenvalue weighted by atomic mass is 10.1. The minimum absolute atomic E-state index is 0.207. The van der Waals surface area contributed by atoms with E-state index in [9.17, 15) is 9.59 Å². The summed E-state index contributed by atoms with van der Waals surface area (Å²) in [6, 6.07) is 13.3. The molecule has 2 aromatic carbocycles. The number of imide groups is 1. The Labute approximate surface area is 197 Å². The summed E-state index contributed by atoms with van der Waals surface area (Å²) in [5.41, 5.74) is 3.13. The second-order valence-corrected chi connectivity index (χ2v) is 8.20. The van der Waals surface area contributed by atoms with Crippen LogP contribution in [0.1, 0.15) is 30.9 Å². The van der Waals surface area contributed by atoms with Gasteiger partial charge in [-0.3, -0.25) is 14.6 Å². The zero-order valence-electron chi connectivity index (χ0n) is 19.3. The van der Waals surface area contributed by atoms with Crippen LogP contribution in [-0.4, -0.2) is 40.5 Å². The number of rotatable bonds is 7. The number of aryl methyl sites for hydroxylation is 2. The smallest absolute Gasteiger partial charge is 0.263 e. The van der Waals surface area contributed by atoms with E-state index in [1.165, 1.54) is 9.91 Å². The quantitative estimate of drug-likeness (QED) is 0.493. The monoisotopic (exact) mass is 459 g/mol. The molecular weight excluding hydrogens is 434 g/mol. The summed E-state index contributed by atoms with van der Waals surface area (Å²) in [4.78, 5) is 32.0. The van der Waals surface area contributed by atoms with E-state index in [-0.39, 0.29) is 18.4 Å². The molecule has 0 spiro atoms. The summed E-state index contributed by atoms with van der Waals surface area (Å²) >= 11 is 0. The molecule has 0 radical (unpaired) electrons. The predicted octanol–water partition coefficient (Wildman–Crippen LogP) is 4.10. The van der Waals surface area contributed by atoms with Crippen LogP contribution in [-0.2, 0) is 22.6 Å². The molecule has 1 fully saturated rings. The van der Waals surface area contributed by atoms with Crippen LogP contribution < -0.4 is 9.64 Å². The van der Waals surface area contributed by atoms with Gasteiger partial charge < -0.3 is 9.15 Å². The van der Waals surface area contributed by atoms with Crippen LogP contribution in [0.5, 0.6) is 5.75 Å². The summed E-state index contributed by atoms with van der Waals surface area (Å²) in [5, 5.41) is 9.75. The normalized spacial score (nSPS) is 19.3. The number of aromatic nitrogens is 1. The van der Waals surface area contributed by atoms with Crippen molar-refractivity contribution in [2.75, 3.05) is 11.5 Å². The molecule has 174 valence electrons. The Bertz CT molecular complexity index is 1250. The molecule has 9 nitrogen and oxygen atoms in total. The Kier molecular flexibility index (Phi) is 5.61. The zero-order valence-corrected chi connectivity index (χ0v) is 19.3. The third kappa shape index (κ3) is 3.72. The van der Waals surface area contributed by atoms with Gasteiger partial charge in [0, 0.05) is 5.56 Å². The van der Waals surface area contributed by atoms with Crippen molar-refractivity contribution in [1.29, 1.82) is 0 Å².